The first-order valence-corrected chi connectivity index (χ1v) is 6.80. The highest BCUT2D eigenvalue weighted by Gasteiger charge is 2.17. The van der Waals surface area contributed by atoms with E-state index >= 15 is 0 Å². The number of aliphatic hydroxyl groups excluding tert-OH is 1. The summed E-state index contributed by atoms with van der Waals surface area (Å²) in [7, 11) is 1.60. The summed E-state index contributed by atoms with van der Waals surface area (Å²) in [4.78, 5) is 8.35. The summed E-state index contributed by atoms with van der Waals surface area (Å²) in [6.45, 7) is 1.85. The molecular formula is C15H14ClN3O2. The number of aromatic nitrogens is 3. The van der Waals surface area contributed by atoms with Gasteiger partial charge in [0.1, 0.15) is 23.2 Å². The summed E-state index contributed by atoms with van der Waals surface area (Å²) in [5.74, 6) is 1.49. The lowest BCUT2D eigenvalue weighted by atomic mass is 10.1. The summed E-state index contributed by atoms with van der Waals surface area (Å²) in [5.41, 5.74) is 2.04. The average Bonchev–Trinajstić information content (AvgIpc) is 2.90. The van der Waals surface area contributed by atoms with Crippen LogP contribution in [0.3, 0.4) is 0 Å². The smallest absolute Gasteiger partial charge is 0.154 e. The van der Waals surface area contributed by atoms with Gasteiger partial charge in [-0.3, -0.25) is 4.40 Å². The summed E-state index contributed by atoms with van der Waals surface area (Å²) < 4.78 is 6.93. The highest BCUT2D eigenvalue weighted by atomic mass is 35.5. The van der Waals surface area contributed by atoms with Crippen LogP contribution in [0.25, 0.3) is 5.52 Å². The molecule has 2 aromatic heterocycles. The molecule has 0 amide bonds. The van der Waals surface area contributed by atoms with Gasteiger partial charge >= 0.3 is 0 Å². The van der Waals surface area contributed by atoms with Gasteiger partial charge in [0.25, 0.3) is 0 Å². The van der Waals surface area contributed by atoms with Gasteiger partial charge in [-0.25, -0.2) is 9.97 Å². The Morgan fingerprint density at radius 1 is 1.19 bits per heavy atom. The van der Waals surface area contributed by atoms with Crippen molar-refractivity contribution in [2.75, 3.05) is 7.11 Å². The summed E-state index contributed by atoms with van der Waals surface area (Å²) in [6.07, 6.45) is 2.39. The van der Waals surface area contributed by atoms with Crippen LogP contribution >= 0.6 is 11.6 Å². The number of imidazole rings is 1. The van der Waals surface area contributed by atoms with Crippen molar-refractivity contribution in [1.82, 2.24) is 14.4 Å². The molecular weight excluding hydrogens is 290 g/mol. The van der Waals surface area contributed by atoms with E-state index in [1.165, 1.54) is 0 Å². The molecule has 0 aliphatic carbocycles. The Bertz CT molecular complexity index is 783. The van der Waals surface area contributed by atoms with E-state index in [0.717, 1.165) is 17.1 Å². The Morgan fingerprint density at radius 2 is 1.90 bits per heavy atom. The Balaban J connectivity index is 2.10. The molecule has 0 bridgehead atoms. The predicted octanol–water partition coefficient (Wildman–Crippen LogP) is 2.78. The van der Waals surface area contributed by atoms with Gasteiger partial charge in [0.05, 0.1) is 25.2 Å². The number of rotatable bonds is 3. The molecule has 108 valence electrons. The predicted molar refractivity (Wildman–Crippen MR) is 79.8 cm³/mol. The quantitative estimate of drug-likeness (QED) is 0.808. The zero-order valence-corrected chi connectivity index (χ0v) is 12.4. The second-order valence-electron chi connectivity index (χ2n) is 4.68. The van der Waals surface area contributed by atoms with Gasteiger partial charge in [0.2, 0.25) is 0 Å². The second kappa shape index (κ2) is 5.35. The van der Waals surface area contributed by atoms with E-state index in [0.29, 0.717) is 16.4 Å². The molecule has 0 saturated heterocycles. The van der Waals surface area contributed by atoms with Crippen LogP contribution in [0.5, 0.6) is 5.75 Å². The molecule has 0 fully saturated rings. The number of ether oxygens (including phenoxy) is 1. The first kappa shape index (κ1) is 13.9. The number of nitrogens with zero attached hydrogens (tertiary/aromatic N) is 3. The van der Waals surface area contributed by atoms with Gasteiger partial charge in [0.15, 0.2) is 5.15 Å². The molecule has 6 heteroatoms. The number of aryl methyl sites for hydroxylation is 1. The van der Waals surface area contributed by atoms with Gasteiger partial charge in [-0.15, -0.1) is 0 Å². The lowest BCUT2D eigenvalue weighted by Gasteiger charge is -2.15. The van der Waals surface area contributed by atoms with Gasteiger partial charge in [0, 0.05) is 0 Å². The molecule has 0 radical (unpaired) electrons. The average molecular weight is 304 g/mol. The van der Waals surface area contributed by atoms with Crippen molar-refractivity contribution in [3.63, 3.8) is 0 Å². The summed E-state index contributed by atoms with van der Waals surface area (Å²) in [6, 6.07) is 7.24. The van der Waals surface area contributed by atoms with Crippen LogP contribution in [0.2, 0.25) is 5.15 Å². The lowest BCUT2D eigenvalue weighted by molar-refractivity contribution is 0.213. The van der Waals surface area contributed by atoms with Gasteiger partial charge in [-0.05, 0) is 24.6 Å². The molecule has 0 spiro atoms. The molecule has 0 aliphatic heterocycles. The minimum Gasteiger partial charge on any atom is -0.497 e. The lowest BCUT2D eigenvalue weighted by Crippen LogP contribution is -2.08. The van der Waals surface area contributed by atoms with Gasteiger partial charge < -0.3 is 9.84 Å². The molecule has 1 atom stereocenters. The van der Waals surface area contributed by atoms with Crippen LogP contribution in [0, 0.1) is 6.92 Å². The number of methoxy groups -OCH3 is 1. The molecule has 1 unspecified atom stereocenters. The Labute approximate surface area is 126 Å². The van der Waals surface area contributed by atoms with E-state index < -0.39 is 6.10 Å². The van der Waals surface area contributed by atoms with Crippen LogP contribution in [0.4, 0.5) is 0 Å². The molecule has 3 aromatic rings. The van der Waals surface area contributed by atoms with Crippen LogP contribution in [0.15, 0.2) is 36.7 Å². The Kier molecular flexibility index (Phi) is 3.53. The van der Waals surface area contributed by atoms with Gasteiger partial charge in [-0.1, -0.05) is 23.7 Å². The standard InChI is InChI=1S/C15H14ClN3O2/c1-9-17-8-13-15(16)18-7-12(19(9)13)14(20)10-3-5-11(21-2)6-4-10/h3-8,14,20H,1-2H3. The van der Waals surface area contributed by atoms with Crippen LogP contribution in [0.1, 0.15) is 23.2 Å². The van der Waals surface area contributed by atoms with E-state index in [-0.39, 0.29) is 0 Å². The minimum atomic E-state index is -0.823. The van der Waals surface area contributed by atoms with Crippen molar-refractivity contribution in [3.8, 4) is 5.75 Å². The molecule has 0 aliphatic rings. The normalized spacial score (nSPS) is 12.6. The highest BCUT2D eigenvalue weighted by Crippen LogP contribution is 2.27. The van der Waals surface area contributed by atoms with E-state index in [1.807, 2.05) is 23.5 Å². The fourth-order valence-electron chi connectivity index (χ4n) is 2.31. The van der Waals surface area contributed by atoms with E-state index in [2.05, 4.69) is 9.97 Å². The third-order valence-corrected chi connectivity index (χ3v) is 3.72. The Morgan fingerprint density at radius 3 is 2.57 bits per heavy atom. The molecule has 21 heavy (non-hydrogen) atoms. The van der Waals surface area contributed by atoms with Crippen LogP contribution < -0.4 is 4.74 Å². The van der Waals surface area contributed by atoms with Crippen molar-refractivity contribution in [1.29, 1.82) is 0 Å². The SMILES string of the molecule is COc1ccc(C(O)c2cnc(Cl)c3cnc(C)n23)cc1. The summed E-state index contributed by atoms with van der Waals surface area (Å²) in [5, 5.41) is 11.0. The van der Waals surface area contributed by atoms with Crippen molar-refractivity contribution in [3.05, 3.63) is 58.9 Å². The molecule has 1 N–H and O–H groups in total. The van der Waals surface area contributed by atoms with Crippen LogP contribution in [-0.2, 0) is 0 Å². The summed E-state index contributed by atoms with van der Waals surface area (Å²) >= 11 is 6.06. The first-order chi connectivity index (χ1) is 10.1. The van der Waals surface area contributed by atoms with E-state index in [9.17, 15) is 5.11 Å². The van der Waals surface area contributed by atoms with E-state index in [1.54, 1.807) is 31.6 Å². The zero-order chi connectivity index (χ0) is 15.0. The fourth-order valence-corrected chi connectivity index (χ4v) is 2.49. The van der Waals surface area contributed by atoms with Crippen LogP contribution in [-0.4, -0.2) is 26.6 Å². The Hall–Kier alpha value is -2.11. The number of aliphatic hydroxyl groups is 1. The molecule has 0 saturated carbocycles. The second-order valence-corrected chi connectivity index (χ2v) is 5.03. The molecule has 1 aromatic carbocycles. The minimum absolute atomic E-state index is 0.362. The number of hydrogen-bond acceptors (Lipinski definition) is 4. The first-order valence-electron chi connectivity index (χ1n) is 6.42. The van der Waals surface area contributed by atoms with Crippen molar-refractivity contribution in [2.24, 2.45) is 0 Å². The monoisotopic (exact) mass is 303 g/mol. The van der Waals surface area contributed by atoms with Crippen molar-refractivity contribution in [2.45, 2.75) is 13.0 Å². The molecule has 5 nitrogen and oxygen atoms in total. The molecule has 2 heterocycles. The van der Waals surface area contributed by atoms with Crippen molar-refractivity contribution >= 4 is 17.1 Å². The van der Waals surface area contributed by atoms with Crippen molar-refractivity contribution < 1.29 is 9.84 Å². The number of benzene rings is 1. The topological polar surface area (TPSA) is 59.7 Å². The maximum atomic E-state index is 10.6. The maximum Gasteiger partial charge on any atom is 0.154 e. The van der Waals surface area contributed by atoms with E-state index in [4.69, 9.17) is 16.3 Å². The number of hydrogen-bond donors (Lipinski definition) is 1. The number of halogens is 1. The third kappa shape index (κ3) is 2.34. The maximum absolute atomic E-state index is 10.6. The fraction of sp³-hybridized carbons (Fsp3) is 0.200. The van der Waals surface area contributed by atoms with Gasteiger partial charge in [-0.2, -0.15) is 0 Å². The highest BCUT2D eigenvalue weighted by molar-refractivity contribution is 6.32. The third-order valence-electron chi connectivity index (χ3n) is 3.43. The number of fused-ring (bicyclic) bond motifs is 1. The zero-order valence-electron chi connectivity index (χ0n) is 11.6. The largest absolute Gasteiger partial charge is 0.497 e. The molecule has 3 rings (SSSR count).